The largest absolute Gasteiger partial charge is 0.490 e. The number of hydrogen-bond donors (Lipinski definition) is 2. The molecular formula is C32H41ClN2O7S. The van der Waals surface area contributed by atoms with Crippen LogP contribution in [0.4, 0.5) is 5.69 Å². The van der Waals surface area contributed by atoms with Crippen molar-refractivity contribution >= 4 is 33.3 Å². The molecular weight excluding hydrogens is 592 g/mol. The van der Waals surface area contributed by atoms with Gasteiger partial charge in [0.05, 0.1) is 41.9 Å². The molecule has 1 spiro atoms. The molecule has 6 atom stereocenters. The fraction of sp³-hybridized carbons (Fsp3) is 0.594. The van der Waals surface area contributed by atoms with Crippen molar-refractivity contribution in [3.8, 4) is 5.75 Å². The van der Waals surface area contributed by atoms with E-state index in [9.17, 15) is 18.3 Å². The number of nitrogens with two attached hydrogens (primary N) is 1. The van der Waals surface area contributed by atoms with Crippen LogP contribution >= 0.6 is 11.6 Å². The van der Waals surface area contributed by atoms with Gasteiger partial charge in [0.1, 0.15) is 5.75 Å². The molecule has 2 aliphatic carbocycles. The molecule has 234 valence electrons. The average molecular weight is 633 g/mol. The van der Waals surface area contributed by atoms with E-state index in [-0.39, 0.29) is 29.8 Å². The van der Waals surface area contributed by atoms with Gasteiger partial charge in [-0.2, -0.15) is 0 Å². The van der Waals surface area contributed by atoms with E-state index in [4.69, 9.17) is 31.0 Å². The molecule has 3 N–H and O–H groups in total. The Morgan fingerprint density at radius 3 is 2.81 bits per heavy atom. The van der Waals surface area contributed by atoms with Crippen LogP contribution in [0.3, 0.4) is 0 Å². The number of sulfonamides is 1. The Morgan fingerprint density at radius 2 is 2.07 bits per heavy atom. The molecule has 0 aromatic heterocycles. The van der Waals surface area contributed by atoms with Crippen molar-refractivity contribution in [1.82, 2.24) is 0 Å². The lowest BCUT2D eigenvalue weighted by molar-refractivity contribution is -0.116. The highest BCUT2D eigenvalue weighted by Gasteiger charge is 2.45. The van der Waals surface area contributed by atoms with E-state index in [0.717, 1.165) is 68.7 Å². The van der Waals surface area contributed by atoms with Gasteiger partial charge in [-0.15, -0.1) is 0 Å². The molecule has 2 aromatic carbocycles. The molecule has 43 heavy (non-hydrogen) atoms. The number of ether oxygens (including phenoxy) is 3. The number of benzene rings is 2. The lowest BCUT2D eigenvalue weighted by Gasteiger charge is -2.47. The lowest BCUT2D eigenvalue weighted by Crippen LogP contribution is -2.51. The molecule has 0 bridgehead atoms. The summed E-state index contributed by atoms with van der Waals surface area (Å²) in [7, 11) is -3.64. The van der Waals surface area contributed by atoms with Crippen LogP contribution in [0.5, 0.6) is 5.75 Å². The molecule has 2 aliphatic heterocycles. The van der Waals surface area contributed by atoms with Crippen LogP contribution in [-0.4, -0.2) is 69.9 Å². The average Bonchev–Trinajstić information content (AvgIpc) is 3.10. The van der Waals surface area contributed by atoms with E-state index in [1.54, 1.807) is 25.1 Å². The lowest BCUT2D eigenvalue weighted by atomic mass is 9.67. The molecule has 2 fully saturated rings. The summed E-state index contributed by atoms with van der Waals surface area (Å²) in [5.74, 6) is 0.451. The van der Waals surface area contributed by atoms with E-state index < -0.39 is 21.2 Å². The first-order chi connectivity index (χ1) is 20.5. The quantitative estimate of drug-likeness (QED) is 0.426. The molecule has 2 aromatic rings. The highest BCUT2D eigenvalue weighted by Crippen LogP contribution is 2.47. The third-order valence-electron chi connectivity index (χ3n) is 10.1. The summed E-state index contributed by atoms with van der Waals surface area (Å²) in [4.78, 5) is 14.3. The number of aryl methyl sites for hydroxylation is 1. The number of nitrogens with zero attached hydrogens (tertiary/aromatic N) is 1. The zero-order valence-electron chi connectivity index (χ0n) is 24.5. The van der Waals surface area contributed by atoms with Crippen molar-refractivity contribution in [2.24, 2.45) is 17.0 Å². The fourth-order valence-electron chi connectivity index (χ4n) is 7.45. The number of primary sulfonamides is 1. The molecule has 4 aliphatic rings. The maximum absolute atomic E-state index is 12.0. The number of carboxylic acids is 1. The van der Waals surface area contributed by atoms with Crippen molar-refractivity contribution in [1.29, 1.82) is 0 Å². The number of carbonyl (C=O) groups is 1. The molecule has 9 nitrogen and oxygen atoms in total. The van der Waals surface area contributed by atoms with Crippen molar-refractivity contribution in [3.63, 3.8) is 0 Å². The minimum Gasteiger partial charge on any atom is -0.490 e. The maximum Gasteiger partial charge on any atom is 0.335 e. The van der Waals surface area contributed by atoms with Crippen LogP contribution in [0.2, 0.25) is 5.02 Å². The molecule has 2 heterocycles. The van der Waals surface area contributed by atoms with Crippen LogP contribution in [0.25, 0.3) is 0 Å². The number of hydrogen-bond acceptors (Lipinski definition) is 7. The second-order valence-electron chi connectivity index (χ2n) is 12.9. The van der Waals surface area contributed by atoms with E-state index in [2.05, 4.69) is 17.0 Å². The van der Waals surface area contributed by atoms with Gasteiger partial charge in [-0.3, -0.25) is 0 Å². The Hall–Kier alpha value is -2.37. The van der Waals surface area contributed by atoms with Gasteiger partial charge in [0.15, 0.2) is 0 Å². The Labute approximate surface area is 258 Å². The number of halogens is 1. The van der Waals surface area contributed by atoms with Gasteiger partial charge >= 0.3 is 5.97 Å². The Morgan fingerprint density at radius 1 is 1.23 bits per heavy atom. The number of fused-ring (bicyclic) bond motifs is 3. The highest BCUT2D eigenvalue weighted by molar-refractivity contribution is 7.89. The summed E-state index contributed by atoms with van der Waals surface area (Å²) < 4.78 is 42.0. The predicted octanol–water partition coefficient (Wildman–Crippen LogP) is 4.78. The summed E-state index contributed by atoms with van der Waals surface area (Å²) in [5, 5.41) is 15.1. The van der Waals surface area contributed by atoms with Gasteiger partial charge in [-0.25, -0.2) is 18.4 Å². The summed E-state index contributed by atoms with van der Waals surface area (Å²) in [5.41, 5.74) is 3.37. The van der Waals surface area contributed by atoms with Gasteiger partial charge in [0.25, 0.3) is 0 Å². The van der Waals surface area contributed by atoms with Crippen LogP contribution in [0.15, 0.2) is 36.4 Å². The second kappa shape index (κ2) is 12.2. The number of anilines is 1. The monoisotopic (exact) mass is 632 g/mol. The van der Waals surface area contributed by atoms with Crippen molar-refractivity contribution < 1.29 is 32.5 Å². The normalized spacial score (nSPS) is 29.5. The zero-order chi connectivity index (χ0) is 30.4. The summed E-state index contributed by atoms with van der Waals surface area (Å²) >= 11 is 6.38. The smallest absolute Gasteiger partial charge is 0.335 e. The molecule has 1 saturated heterocycles. The van der Waals surface area contributed by atoms with E-state index >= 15 is 0 Å². The Bertz CT molecular complexity index is 1470. The summed E-state index contributed by atoms with van der Waals surface area (Å²) in [6.07, 6.45) is 6.52. The minimum atomic E-state index is -3.64. The molecule has 1 unspecified atom stereocenters. The molecule has 0 amide bonds. The topological polar surface area (TPSA) is 128 Å². The SMILES string of the molecule is C[C@H](CO[C@@H]1CCO[C@@H]([C@@H]2CC[C@H]2CN2CC3(CCCc4cc(Cl)ccc43)COc3ccc(C(=O)O)cc32)C1)S(N)(=O)=O. The van der Waals surface area contributed by atoms with Gasteiger partial charge in [-0.05, 0) is 98.7 Å². The van der Waals surface area contributed by atoms with E-state index in [1.165, 1.54) is 11.1 Å². The van der Waals surface area contributed by atoms with Crippen LogP contribution < -0.4 is 14.8 Å². The van der Waals surface area contributed by atoms with E-state index in [0.29, 0.717) is 30.8 Å². The zero-order valence-corrected chi connectivity index (χ0v) is 26.1. The van der Waals surface area contributed by atoms with Crippen molar-refractivity contribution in [3.05, 3.63) is 58.1 Å². The van der Waals surface area contributed by atoms with Crippen LogP contribution in [0.1, 0.15) is 66.9 Å². The first-order valence-electron chi connectivity index (χ1n) is 15.3. The Kier molecular flexibility index (Phi) is 8.69. The number of carboxylic acid groups (broad SMARTS) is 1. The first-order valence-corrected chi connectivity index (χ1v) is 17.3. The van der Waals surface area contributed by atoms with Crippen molar-refractivity contribution in [2.45, 2.75) is 74.7 Å². The van der Waals surface area contributed by atoms with Gasteiger partial charge in [0, 0.05) is 36.6 Å². The third kappa shape index (κ3) is 6.40. The summed E-state index contributed by atoms with van der Waals surface area (Å²) in [6, 6.07) is 11.4. The second-order valence-corrected chi connectivity index (χ2v) is 15.3. The van der Waals surface area contributed by atoms with Crippen molar-refractivity contribution in [2.75, 3.05) is 37.8 Å². The highest BCUT2D eigenvalue weighted by atomic mass is 35.5. The minimum absolute atomic E-state index is 0.0295. The summed E-state index contributed by atoms with van der Waals surface area (Å²) in [6.45, 7) is 4.24. The molecule has 0 radical (unpaired) electrons. The third-order valence-corrected chi connectivity index (χ3v) is 11.6. The molecule has 6 rings (SSSR count). The predicted molar refractivity (Wildman–Crippen MR) is 165 cm³/mol. The molecule has 1 saturated carbocycles. The molecule has 11 heteroatoms. The Balaban J connectivity index is 1.23. The van der Waals surface area contributed by atoms with Crippen LogP contribution in [0, 0.1) is 11.8 Å². The van der Waals surface area contributed by atoms with Gasteiger partial charge < -0.3 is 24.2 Å². The standard InChI is InChI=1S/C32H41ClN2O7S/c1-20(43(34,38)39)17-41-25-10-12-40-30(15-25)26-7-4-23(26)16-35-18-32(11-2-3-21-13-24(33)6-8-27(21)32)19-42-29-9-5-22(31(36)37)14-28(29)35/h5-6,8-9,13-14,20,23,25-26,30H,2-4,7,10-12,15-19H2,1H3,(H,36,37)(H2,34,38,39)/t20-,23+,25-,26-,30-,32?/m1/s1. The fourth-order valence-corrected chi connectivity index (χ4v) is 7.92. The van der Waals surface area contributed by atoms with Gasteiger partial charge in [0.2, 0.25) is 10.0 Å². The van der Waals surface area contributed by atoms with E-state index in [1.807, 2.05) is 6.07 Å². The maximum atomic E-state index is 12.0. The first kappa shape index (κ1) is 30.6. The number of rotatable bonds is 8. The number of aromatic carboxylic acids is 1. The van der Waals surface area contributed by atoms with Gasteiger partial charge in [-0.1, -0.05) is 17.7 Å². The van der Waals surface area contributed by atoms with Crippen LogP contribution in [-0.2, 0) is 31.3 Å².